The van der Waals surface area contributed by atoms with E-state index >= 15 is 0 Å². The van der Waals surface area contributed by atoms with Crippen molar-refractivity contribution in [2.24, 2.45) is 17.8 Å². The largest absolute Gasteiger partial charge is 0.0654 e. The lowest BCUT2D eigenvalue weighted by Crippen LogP contribution is -2.24. The van der Waals surface area contributed by atoms with E-state index in [1.807, 2.05) is 0 Å². The van der Waals surface area contributed by atoms with Gasteiger partial charge in [-0.2, -0.15) is 0 Å². The molecule has 0 atom stereocenters. The second-order valence-electron chi connectivity index (χ2n) is 10.7. The lowest BCUT2D eigenvalue weighted by molar-refractivity contribution is 0.165. The summed E-state index contributed by atoms with van der Waals surface area (Å²) in [5.41, 5.74) is 5.21. The maximum atomic E-state index is 3.37. The van der Waals surface area contributed by atoms with Gasteiger partial charge in [-0.15, -0.1) is 0 Å². The Morgan fingerprint density at radius 2 is 1.19 bits per heavy atom. The Labute approximate surface area is 197 Å². The predicted octanol–water partition coefficient (Wildman–Crippen LogP) is 8.92. The fourth-order valence-corrected chi connectivity index (χ4v) is 6.00. The highest BCUT2D eigenvalue weighted by Crippen LogP contribution is 2.43. The molecule has 0 unspecified atom stereocenters. The van der Waals surface area contributed by atoms with Crippen molar-refractivity contribution in [3.63, 3.8) is 0 Å². The van der Waals surface area contributed by atoms with E-state index in [4.69, 9.17) is 0 Å². The molecule has 0 heteroatoms. The van der Waals surface area contributed by atoms with E-state index in [0.717, 1.165) is 34.8 Å². The highest BCUT2D eigenvalue weighted by atomic mass is 14.4. The molecule has 0 aromatic heterocycles. The van der Waals surface area contributed by atoms with Crippen LogP contribution < -0.4 is 0 Å². The normalized spacial score (nSPS) is 25.7. The lowest BCUT2D eigenvalue weighted by Gasteiger charge is -2.37. The average molecular weight is 427 g/mol. The van der Waals surface area contributed by atoms with Crippen LogP contribution in [-0.2, 0) is 6.42 Å². The summed E-state index contributed by atoms with van der Waals surface area (Å²) < 4.78 is 0. The molecule has 0 saturated heterocycles. The number of aryl methyl sites for hydroxylation is 1. The molecule has 0 amide bonds. The van der Waals surface area contributed by atoms with E-state index in [2.05, 4.69) is 74.2 Å². The van der Waals surface area contributed by atoms with Gasteiger partial charge in [-0.3, -0.25) is 0 Å². The van der Waals surface area contributed by atoms with Gasteiger partial charge in [0.15, 0.2) is 0 Å². The smallest absolute Gasteiger partial charge is 0.0249 e. The van der Waals surface area contributed by atoms with Crippen LogP contribution in [0.5, 0.6) is 0 Å². The highest BCUT2D eigenvalue weighted by molar-refractivity contribution is 5.44. The summed E-state index contributed by atoms with van der Waals surface area (Å²) >= 11 is 0. The van der Waals surface area contributed by atoms with Crippen molar-refractivity contribution in [3.8, 4) is 11.8 Å². The van der Waals surface area contributed by atoms with Gasteiger partial charge in [0.1, 0.15) is 0 Å². The Balaban J connectivity index is 1.27. The molecule has 32 heavy (non-hydrogen) atoms. The first-order chi connectivity index (χ1) is 15.7. The molecule has 0 spiro atoms. The summed E-state index contributed by atoms with van der Waals surface area (Å²) in [6.45, 7) is 4.69. The summed E-state index contributed by atoms with van der Waals surface area (Å²) in [5.74, 6) is 10.5. The lowest BCUT2D eigenvalue weighted by atomic mass is 9.68. The van der Waals surface area contributed by atoms with E-state index in [-0.39, 0.29) is 0 Å². The third-order valence-electron chi connectivity index (χ3n) is 8.26. The first-order valence-electron chi connectivity index (χ1n) is 13.4. The number of hydrogen-bond acceptors (Lipinski definition) is 0. The Bertz CT molecular complexity index is 860. The van der Waals surface area contributed by atoms with Crippen LogP contribution in [0.25, 0.3) is 0 Å². The molecule has 2 aliphatic carbocycles. The van der Waals surface area contributed by atoms with Crippen molar-refractivity contribution in [1.29, 1.82) is 0 Å². The molecule has 170 valence electrons. The molecule has 2 fully saturated rings. The van der Waals surface area contributed by atoms with Gasteiger partial charge in [0.05, 0.1) is 0 Å². The minimum Gasteiger partial charge on any atom is -0.0654 e. The molecule has 2 saturated carbocycles. The minimum absolute atomic E-state index is 0.760. The minimum atomic E-state index is 0.760. The number of unbranched alkanes of at least 4 members (excludes halogenated alkanes) is 2. The van der Waals surface area contributed by atoms with Crippen molar-refractivity contribution in [3.05, 3.63) is 70.8 Å². The third kappa shape index (κ3) is 6.51. The quantitative estimate of drug-likeness (QED) is 0.319. The maximum absolute atomic E-state index is 3.37. The second kappa shape index (κ2) is 11.7. The topological polar surface area (TPSA) is 0 Å². The molecule has 0 heterocycles. The molecule has 2 aliphatic rings. The Kier molecular flexibility index (Phi) is 8.50. The van der Waals surface area contributed by atoms with Gasteiger partial charge in [0.25, 0.3) is 0 Å². The van der Waals surface area contributed by atoms with Gasteiger partial charge < -0.3 is 0 Å². The molecule has 0 bridgehead atoms. The summed E-state index contributed by atoms with van der Waals surface area (Å²) in [6.07, 6.45) is 16.6. The third-order valence-corrected chi connectivity index (χ3v) is 8.26. The zero-order valence-corrected chi connectivity index (χ0v) is 20.4. The molecular formula is C32H42. The van der Waals surface area contributed by atoms with E-state index < -0.39 is 0 Å². The SMILES string of the molecule is CCCCCc1ccc(C#Cc2ccc(C3CCC(C4CCC(C)CC4)CC3)cc2)cc1. The molecule has 0 radical (unpaired) electrons. The van der Waals surface area contributed by atoms with Gasteiger partial charge in [-0.25, -0.2) is 0 Å². The predicted molar refractivity (Wildman–Crippen MR) is 138 cm³/mol. The Hall–Kier alpha value is -2.00. The first kappa shape index (κ1) is 23.2. The van der Waals surface area contributed by atoms with Crippen LogP contribution in [0, 0.1) is 29.6 Å². The number of benzene rings is 2. The molecule has 0 aliphatic heterocycles. The van der Waals surface area contributed by atoms with Gasteiger partial charge in [-0.1, -0.05) is 75.6 Å². The van der Waals surface area contributed by atoms with E-state index in [9.17, 15) is 0 Å². The standard InChI is InChI=1S/C32H42/c1-3-4-5-6-26-9-11-27(12-10-26)13-14-28-15-19-30(20-16-28)32-23-21-31(22-24-32)29-17-7-25(2)8-18-29/h9-12,15-16,19-20,25,29,31-32H,3-8,17-18,21-24H2,1-2H3. The van der Waals surface area contributed by atoms with Crippen molar-refractivity contribution >= 4 is 0 Å². The fraction of sp³-hybridized carbons (Fsp3) is 0.562. The van der Waals surface area contributed by atoms with Crippen LogP contribution in [-0.4, -0.2) is 0 Å². The Morgan fingerprint density at radius 1 is 0.656 bits per heavy atom. The zero-order chi connectivity index (χ0) is 22.2. The summed E-state index contributed by atoms with van der Waals surface area (Å²) in [5, 5.41) is 0. The van der Waals surface area contributed by atoms with Crippen molar-refractivity contribution in [2.75, 3.05) is 0 Å². The molecule has 2 aromatic rings. The van der Waals surface area contributed by atoms with Gasteiger partial charge >= 0.3 is 0 Å². The van der Waals surface area contributed by atoms with Gasteiger partial charge in [0, 0.05) is 11.1 Å². The molecule has 0 nitrogen and oxygen atoms in total. The first-order valence-corrected chi connectivity index (χ1v) is 13.4. The van der Waals surface area contributed by atoms with Crippen molar-refractivity contribution in [2.45, 2.75) is 96.8 Å². The van der Waals surface area contributed by atoms with E-state index in [1.54, 1.807) is 0 Å². The second-order valence-corrected chi connectivity index (χ2v) is 10.7. The zero-order valence-electron chi connectivity index (χ0n) is 20.4. The molecule has 2 aromatic carbocycles. The highest BCUT2D eigenvalue weighted by Gasteiger charge is 2.30. The van der Waals surface area contributed by atoms with Gasteiger partial charge in [0.2, 0.25) is 0 Å². The molecule has 4 rings (SSSR count). The summed E-state index contributed by atoms with van der Waals surface area (Å²) in [7, 11) is 0. The van der Waals surface area contributed by atoms with Crippen LogP contribution >= 0.6 is 0 Å². The maximum Gasteiger partial charge on any atom is 0.0249 e. The van der Waals surface area contributed by atoms with E-state index in [1.165, 1.54) is 88.2 Å². The van der Waals surface area contributed by atoms with E-state index in [0.29, 0.717) is 0 Å². The van der Waals surface area contributed by atoms with Gasteiger partial charge in [-0.05, 0) is 110 Å². The van der Waals surface area contributed by atoms with Crippen LogP contribution in [0.4, 0.5) is 0 Å². The van der Waals surface area contributed by atoms with Crippen molar-refractivity contribution in [1.82, 2.24) is 0 Å². The number of rotatable bonds is 6. The van der Waals surface area contributed by atoms with Crippen LogP contribution in [0.15, 0.2) is 48.5 Å². The number of hydrogen-bond donors (Lipinski definition) is 0. The monoisotopic (exact) mass is 426 g/mol. The molecule has 0 N–H and O–H groups in total. The average Bonchev–Trinajstić information content (AvgIpc) is 2.85. The van der Waals surface area contributed by atoms with Crippen LogP contribution in [0.2, 0.25) is 0 Å². The summed E-state index contributed by atoms with van der Waals surface area (Å²) in [6, 6.07) is 18.0. The van der Waals surface area contributed by atoms with Crippen LogP contribution in [0.1, 0.15) is 113 Å². The summed E-state index contributed by atoms with van der Waals surface area (Å²) in [4.78, 5) is 0. The molecular weight excluding hydrogens is 384 g/mol. The van der Waals surface area contributed by atoms with Crippen LogP contribution in [0.3, 0.4) is 0 Å². The van der Waals surface area contributed by atoms with Crippen molar-refractivity contribution < 1.29 is 0 Å². The fourth-order valence-electron chi connectivity index (χ4n) is 6.00. The Morgan fingerprint density at radius 3 is 1.75 bits per heavy atom.